The summed E-state index contributed by atoms with van der Waals surface area (Å²) < 4.78 is 148. The predicted octanol–water partition coefficient (Wildman–Crippen LogP) is 10.0. The molecule has 0 heterocycles. The van der Waals surface area contributed by atoms with Crippen LogP contribution in [0.5, 0.6) is 23.0 Å². The summed E-state index contributed by atoms with van der Waals surface area (Å²) >= 11 is 0. The van der Waals surface area contributed by atoms with Crippen molar-refractivity contribution in [2.24, 2.45) is 30.7 Å². The number of rotatable bonds is 14. The molecular formula is C42H35N7O16S4. The molecule has 0 aliphatic carbocycles. The third kappa shape index (κ3) is 10.8. The highest BCUT2D eigenvalue weighted by molar-refractivity contribution is 7.87. The zero-order valence-corrected chi connectivity index (χ0v) is 39.1. The molecule has 358 valence electrons. The van der Waals surface area contributed by atoms with E-state index in [0.717, 1.165) is 24.3 Å². The van der Waals surface area contributed by atoms with Crippen molar-refractivity contribution < 1.29 is 71.6 Å². The van der Waals surface area contributed by atoms with Crippen molar-refractivity contribution in [3.05, 3.63) is 108 Å². The van der Waals surface area contributed by atoms with E-state index in [1.165, 1.54) is 38.5 Å². The van der Waals surface area contributed by atoms with E-state index in [1.807, 2.05) is 0 Å². The molecule has 69 heavy (non-hydrogen) atoms. The molecule has 0 fully saturated rings. The van der Waals surface area contributed by atoms with Crippen LogP contribution in [0, 0.1) is 13.8 Å². The minimum atomic E-state index is -5.18. The molecule has 0 aliphatic rings. The zero-order chi connectivity index (χ0) is 50.4. The van der Waals surface area contributed by atoms with Crippen LogP contribution in [0.15, 0.2) is 147 Å². The first-order valence-electron chi connectivity index (χ1n) is 19.2. The first-order valence-corrected chi connectivity index (χ1v) is 25.0. The minimum Gasteiger partial charge on any atom is -0.506 e. The summed E-state index contributed by atoms with van der Waals surface area (Å²) in [5, 5.41) is 49.0. The maximum atomic E-state index is 12.5. The molecule has 7 rings (SSSR count). The summed E-state index contributed by atoms with van der Waals surface area (Å²) in [7, 11) is -17.6. The Labute approximate surface area is 392 Å². The normalized spacial score (nSPS) is 12.8. The summed E-state index contributed by atoms with van der Waals surface area (Å²) in [5.41, 5.74) is 0.825. The lowest BCUT2D eigenvalue weighted by Gasteiger charge is -2.12. The highest BCUT2D eigenvalue weighted by Crippen LogP contribution is 2.45. The van der Waals surface area contributed by atoms with E-state index in [4.69, 9.17) is 9.47 Å². The van der Waals surface area contributed by atoms with Gasteiger partial charge in [0.1, 0.15) is 54.7 Å². The van der Waals surface area contributed by atoms with E-state index in [2.05, 4.69) is 36.0 Å². The van der Waals surface area contributed by atoms with E-state index in [0.29, 0.717) is 40.4 Å². The Kier molecular flexibility index (Phi) is 13.3. The van der Waals surface area contributed by atoms with Crippen molar-refractivity contribution >= 4 is 108 Å². The van der Waals surface area contributed by atoms with Gasteiger partial charge < -0.3 is 25.0 Å². The molecule has 0 spiro atoms. The van der Waals surface area contributed by atoms with Crippen LogP contribution < -0.4 is 14.8 Å². The monoisotopic (exact) mass is 1020 g/mol. The maximum Gasteiger partial charge on any atom is 0.296 e. The molecule has 0 bridgehead atoms. The smallest absolute Gasteiger partial charge is 0.296 e. The van der Waals surface area contributed by atoms with Gasteiger partial charge in [0.15, 0.2) is 5.75 Å². The number of ether oxygens (including phenoxy) is 2. The van der Waals surface area contributed by atoms with Crippen LogP contribution in [0.3, 0.4) is 0 Å². The average molecular weight is 1020 g/mol. The van der Waals surface area contributed by atoms with Gasteiger partial charge in [-0.3, -0.25) is 18.2 Å². The number of aryl methyl sites for hydroxylation is 2. The van der Waals surface area contributed by atoms with Crippen LogP contribution in [0.1, 0.15) is 11.1 Å². The topological polar surface area (TPSA) is 363 Å². The van der Waals surface area contributed by atoms with Gasteiger partial charge in [0.25, 0.3) is 40.5 Å². The molecule has 0 radical (unpaired) electrons. The van der Waals surface area contributed by atoms with Crippen LogP contribution in [0.2, 0.25) is 0 Å². The number of benzene rings is 7. The lowest BCUT2D eigenvalue weighted by atomic mass is 10.1. The van der Waals surface area contributed by atoms with E-state index < -0.39 is 93.7 Å². The van der Waals surface area contributed by atoms with E-state index >= 15 is 0 Å². The average Bonchev–Trinajstić information content (AvgIpc) is 3.26. The molecule has 7 aromatic carbocycles. The third-order valence-corrected chi connectivity index (χ3v) is 13.6. The molecule has 0 amide bonds. The second kappa shape index (κ2) is 18.5. The number of hydrogen-bond acceptors (Lipinski definition) is 19. The summed E-state index contributed by atoms with van der Waals surface area (Å²) in [4.78, 5) is -3.73. The lowest BCUT2D eigenvalue weighted by molar-refractivity contribution is 0.413. The molecule has 27 heteroatoms. The molecule has 0 saturated heterocycles. The van der Waals surface area contributed by atoms with Crippen molar-refractivity contribution in [2.75, 3.05) is 19.5 Å². The largest absolute Gasteiger partial charge is 0.506 e. The number of azo groups is 3. The third-order valence-electron chi connectivity index (χ3n) is 10.1. The molecule has 0 unspecified atom stereocenters. The van der Waals surface area contributed by atoms with Gasteiger partial charge >= 0.3 is 0 Å². The fourth-order valence-electron chi connectivity index (χ4n) is 6.72. The quantitative estimate of drug-likeness (QED) is 0.0393. The van der Waals surface area contributed by atoms with Gasteiger partial charge in [-0.2, -0.15) is 43.9 Å². The number of anilines is 2. The SMILES string of the molecule is COc1ccc(Nc2ccc3c(O)c(N=Nc4cc(OC)c(N=Nc5cc(C)c(N=Nc6cc7c(S(=O)(=O)O)cc(S(=O)(=O)O)cc7cc6S(=O)(=O)O)cc5C)cc4O)c(S(=O)(=O)O)cc3c2)cc1. The highest BCUT2D eigenvalue weighted by atomic mass is 32.2. The van der Waals surface area contributed by atoms with Gasteiger partial charge in [-0.1, -0.05) is 0 Å². The molecule has 0 aromatic heterocycles. The first-order chi connectivity index (χ1) is 32.2. The van der Waals surface area contributed by atoms with Crippen molar-refractivity contribution in [3.8, 4) is 23.0 Å². The van der Waals surface area contributed by atoms with Crippen molar-refractivity contribution in [1.29, 1.82) is 0 Å². The maximum absolute atomic E-state index is 12.5. The Hall–Kier alpha value is -7.50. The molecular weight excluding hydrogens is 987 g/mol. The van der Waals surface area contributed by atoms with E-state index in [1.54, 1.807) is 50.2 Å². The standard InChI is InChI=1S/C42H35N7O16S4/c1-21-12-32(45-48-35-18-30-24(15-39(35)68(58,59)60)14-28(66(52,53)54)17-38(30)67(55,56)57)22(2)11-31(21)44-47-34-19-36(50)33(20-37(34)65-4)46-49-41-40(69(61,62)63)16-23-13-26(7-10-29(23)42(41)51)43-25-5-8-27(64-3)9-6-25/h5-20,43,50-51H,1-4H3,(H,52,53,54)(H,55,56,57)(H,58,59,60)(H,61,62,63). The number of nitrogens with zero attached hydrogens (tertiary/aromatic N) is 6. The summed E-state index contributed by atoms with van der Waals surface area (Å²) in [6.07, 6.45) is 0. The van der Waals surface area contributed by atoms with Crippen molar-refractivity contribution in [1.82, 2.24) is 0 Å². The number of fused-ring (bicyclic) bond motifs is 2. The lowest BCUT2D eigenvalue weighted by Crippen LogP contribution is -2.05. The second-order valence-electron chi connectivity index (χ2n) is 14.8. The molecule has 23 nitrogen and oxygen atoms in total. The second-order valence-corrected chi connectivity index (χ2v) is 20.4. The predicted molar refractivity (Wildman–Crippen MR) is 248 cm³/mol. The Morgan fingerprint density at radius 1 is 0.464 bits per heavy atom. The summed E-state index contributed by atoms with van der Waals surface area (Å²) in [6.45, 7) is 3.16. The molecule has 0 saturated carbocycles. The van der Waals surface area contributed by atoms with Gasteiger partial charge in [0.05, 0.1) is 30.5 Å². The van der Waals surface area contributed by atoms with Crippen LogP contribution in [0.4, 0.5) is 45.5 Å². The number of nitrogens with one attached hydrogen (secondary N) is 1. The van der Waals surface area contributed by atoms with E-state index in [9.17, 15) is 62.1 Å². The fraction of sp³-hybridized carbons (Fsp3) is 0.0952. The molecule has 7 aromatic rings. The Morgan fingerprint density at radius 2 is 1.00 bits per heavy atom. The molecule has 0 aliphatic heterocycles. The molecule has 0 atom stereocenters. The molecule has 7 N–H and O–H groups in total. The Morgan fingerprint density at radius 3 is 1.57 bits per heavy atom. The van der Waals surface area contributed by atoms with Gasteiger partial charge in [-0.15, -0.1) is 20.5 Å². The van der Waals surface area contributed by atoms with Gasteiger partial charge in [0.2, 0.25) is 0 Å². The number of phenolic OH excluding ortho intramolecular Hbond substituents is 2. The number of phenols is 2. The minimum absolute atomic E-state index is 0.00342. The Balaban J connectivity index is 1.17. The number of hydrogen-bond donors (Lipinski definition) is 7. The van der Waals surface area contributed by atoms with Crippen molar-refractivity contribution in [3.63, 3.8) is 0 Å². The highest BCUT2D eigenvalue weighted by Gasteiger charge is 2.26. The Bertz CT molecular complexity index is 3830. The number of aromatic hydroxyl groups is 2. The van der Waals surface area contributed by atoms with Crippen LogP contribution in [0.25, 0.3) is 21.5 Å². The fourth-order valence-corrected chi connectivity index (χ4v) is 9.36. The van der Waals surface area contributed by atoms with Crippen molar-refractivity contribution in [2.45, 2.75) is 33.4 Å². The van der Waals surface area contributed by atoms with Crippen LogP contribution in [-0.4, -0.2) is 76.3 Å². The summed E-state index contributed by atoms with van der Waals surface area (Å²) in [6, 6.07) is 20.7. The zero-order valence-electron chi connectivity index (χ0n) is 35.8. The summed E-state index contributed by atoms with van der Waals surface area (Å²) in [5.74, 6) is -0.549. The van der Waals surface area contributed by atoms with Crippen LogP contribution >= 0.6 is 0 Å². The first kappa shape index (κ1) is 49.4. The number of methoxy groups -OCH3 is 2. The van der Waals surface area contributed by atoms with Gasteiger partial charge in [-0.25, -0.2) is 0 Å². The van der Waals surface area contributed by atoms with E-state index in [-0.39, 0.29) is 39.3 Å². The van der Waals surface area contributed by atoms with Gasteiger partial charge in [-0.05, 0) is 121 Å². The van der Waals surface area contributed by atoms with Crippen LogP contribution in [-0.2, 0) is 40.5 Å². The van der Waals surface area contributed by atoms with Gasteiger partial charge in [0, 0.05) is 34.3 Å².